The molecule has 0 unspecified atom stereocenters. The average molecular weight is 345 g/mol. The lowest BCUT2D eigenvalue weighted by Crippen LogP contribution is -2.49. The van der Waals surface area contributed by atoms with E-state index < -0.39 is 0 Å². The van der Waals surface area contributed by atoms with Gasteiger partial charge >= 0.3 is 0 Å². The lowest BCUT2D eigenvalue weighted by molar-refractivity contribution is -0.0958. The third-order valence-electron chi connectivity index (χ3n) is 10.1. The lowest BCUT2D eigenvalue weighted by atomic mass is 9.45. The molecule has 0 spiro atoms. The van der Waals surface area contributed by atoms with Gasteiger partial charge in [0.25, 0.3) is 0 Å². The molecule has 5 aliphatic carbocycles. The van der Waals surface area contributed by atoms with E-state index in [1.165, 1.54) is 19.3 Å². The Kier molecular flexibility index (Phi) is 5.55. The minimum atomic E-state index is 0.805. The molecule has 5 fully saturated rings. The maximum atomic E-state index is 2.41. The second kappa shape index (κ2) is 7.55. The van der Waals surface area contributed by atoms with Gasteiger partial charge in [-0.3, -0.25) is 0 Å². The molecule has 0 amide bonds. The van der Waals surface area contributed by atoms with E-state index in [4.69, 9.17) is 0 Å². The highest BCUT2D eigenvalue weighted by atomic mass is 14.6. The van der Waals surface area contributed by atoms with Gasteiger partial charge in [-0.05, 0) is 98.7 Å². The first kappa shape index (κ1) is 18.4. The molecule has 0 aromatic rings. The van der Waals surface area contributed by atoms with Crippen LogP contribution in [0.15, 0.2) is 0 Å². The zero-order chi connectivity index (χ0) is 17.3. The van der Waals surface area contributed by atoms with Crippen molar-refractivity contribution < 1.29 is 0 Å². The van der Waals surface area contributed by atoms with Crippen molar-refractivity contribution in [3.05, 3.63) is 0 Å². The summed E-state index contributed by atoms with van der Waals surface area (Å²) in [7, 11) is 0. The first-order chi connectivity index (χ1) is 12.2. The van der Waals surface area contributed by atoms with Crippen molar-refractivity contribution in [3.8, 4) is 0 Å². The summed E-state index contributed by atoms with van der Waals surface area (Å²) in [6, 6.07) is 0. The van der Waals surface area contributed by atoms with Gasteiger partial charge < -0.3 is 0 Å². The molecule has 5 aliphatic rings. The van der Waals surface area contributed by atoms with E-state index in [0.717, 1.165) is 34.5 Å². The Labute approximate surface area is 157 Å². The number of hydrogen-bond donors (Lipinski definition) is 0. The van der Waals surface area contributed by atoms with Gasteiger partial charge in [0.2, 0.25) is 0 Å². The molecular formula is C25H44. The predicted octanol–water partition coefficient (Wildman–Crippen LogP) is 8.15. The summed E-state index contributed by atoms with van der Waals surface area (Å²) >= 11 is 0. The Morgan fingerprint density at radius 1 is 0.560 bits per heavy atom. The fourth-order valence-corrected chi connectivity index (χ4v) is 8.12. The third kappa shape index (κ3) is 3.45. The molecule has 0 heteroatoms. The van der Waals surface area contributed by atoms with Crippen molar-refractivity contribution in [2.75, 3.05) is 0 Å². The maximum absolute atomic E-state index is 2.41. The van der Waals surface area contributed by atoms with Crippen LogP contribution >= 0.6 is 0 Å². The summed E-state index contributed by atoms with van der Waals surface area (Å²) in [4.78, 5) is 0. The van der Waals surface area contributed by atoms with Crippen molar-refractivity contribution >= 4 is 0 Å². The van der Waals surface area contributed by atoms with Gasteiger partial charge in [0.1, 0.15) is 0 Å². The van der Waals surface area contributed by atoms with Gasteiger partial charge in [-0.15, -0.1) is 0 Å². The summed E-state index contributed by atoms with van der Waals surface area (Å²) in [6.45, 7) is 4.79. The van der Waals surface area contributed by atoms with Crippen LogP contribution in [0, 0.1) is 34.5 Å². The molecule has 0 N–H and O–H groups in total. The van der Waals surface area contributed by atoms with Crippen molar-refractivity contribution in [3.63, 3.8) is 0 Å². The Bertz CT molecular complexity index is 395. The average Bonchev–Trinajstić information content (AvgIpc) is 2.70. The molecule has 0 radical (unpaired) electrons. The van der Waals surface area contributed by atoms with Gasteiger partial charge in [0, 0.05) is 0 Å². The Morgan fingerprint density at radius 3 is 1.32 bits per heavy atom. The molecular weight excluding hydrogens is 300 g/mol. The zero-order valence-corrected chi connectivity index (χ0v) is 17.3. The van der Waals surface area contributed by atoms with Crippen LogP contribution in [0.1, 0.15) is 123 Å². The van der Waals surface area contributed by atoms with Gasteiger partial charge in [0.15, 0.2) is 0 Å². The highest BCUT2D eigenvalue weighted by Gasteiger charge is 2.54. The second-order valence-corrected chi connectivity index (χ2v) is 10.9. The molecule has 0 nitrogen and oxygen atoms in total. The summed E-state index contributed by atoms with van der Waals surface area (Å²) in [5, 5.41) is 0. The third-order valence-corrected chi connectivity index (χ3v) is 10.1. The normalized spacial score (nSPS) is 47.8. The van der Waals surface area contributed by atoms with E-state index >= 15 is 0 Å². The van der Waals surface area contributed by atoms with Crippen molar-refractivity contribution in [2.45, 2.75) is 123 Å². The van der Waals surface area contributed by atoms with Crippen LogP contribution in [0.5, 0.6) is 0 Å². The van der Waals surface area contributed by atoms with Crippen molar-refractivity contribution in [1.82, 2.24) is 0 Å². The van der Waals surface area contributed by atoms with E-state index in [1.807, 2.05) is 0 Å². The van der Waals surface area contributed by atoms with Crippen LogP contribution < -0.4 is 0 Å². The highest BCUT2D eigenvalue weighted by Crippen LogP contribution is 2.66. The molecule has 0 aliphatic heterocycles. The Hall–Kier alpha value is 0. The largest absolute Gasteiger partial charge is 0.0654 e. The minimum Gasteiger partial charge on any atom is -0.0654 e. The molecule has 0 heterocycles. The summed E-state index contributed by atoms with van der Waals surface area (Å²) in [5.74, 6) is 4.36. The number of hydrogen-bond acceptors (Lipinski definition) is 0. The van der Waals surface area contributed by atoms with Crippen LogP contribution in [0.3, 0.4) is 0 Å². The first-order valence-electron chi connectivity index (χ1n) is 12.2. The van der Waals surface area contributed by atoms with Crippen LogP contribution in [0.25, 0.3) is 0 Å². The molecule has 0 aromatic carbocycles. The first-order valence-corrected chi connectivity index (χ1v) is 12.2. The monoisotopic (exact) mass is 344 g/mol. The van der Waals surface area contributed by atoms with Gasteiger partial charge in [-0.2, -0.15) is 0 Å². The predicted molar refractivity (Wildman–Crippen MR) is 109 cm³/mol. The minimum absolute atomic E-state index is 0.805. The SMILES string of the molecule is CCC[C@H]1CC[C@H](C23CCC([C@H]4CC[C@H](CC)CC4)(CC2)CC3)CC1. The van der Waals surface area contributed by atoms with Gasteiger partial charge in [0.05, 0.1) is 0 Å². The summed E-state index contributed by atoms with van der Waals surface area (Å²) in [5.41, 5.74) is 1.61. The van der Waals surface area contributed by atoms with E-state index in [9.17, 15) is 0 Å². The molecule has 0 saturated heterocycles. The zero-order valence-electron chi connectivity index (χ0n) is 17.3. The molecule has 2 bridgehead atoms. The number of fused-ring (bicyclic) bond motifs is 3. The van der Waals surface area contributed by atoms with Gasteiger partial charge in [-0.1, -0.05) is 58.8 Å². The topological polar surface area (TPSA) is 0 Å². The molecule has 5 saturated carbocycles. The smallest absolute Gasteiger partial charge is 0.0269 e. The molecule has 25 heavy (non-hydrogen) atoms. The quantitative estimate of drug-likeness (QED) is 0.472. The maximum Gasteiger partial charge on any atom is -0.0269 e. The van der Waals surface area contributed by atoms with E-state index in [0.29, 0.717) is 0 Å². The van der Waals surface area contributed by atoms with Gasteiger partial charge in [-0.25, -0.2) is 0 Å². The van der Waals surface area contributed by atoms with Crippen LogP contribution in [-0.2, 0) is 0 Å². The molecule has 144 valence electrons. The fraction of sp³-hybridized carbons (Fsp3) is 1.00. The molecule has 0 aromatic heterocycles. The summed E-state index contributed by atoms with van der Waals surface area (Å²) in [6.07, 6.45) is 26.6. The highest BCUT2D eigenvalue weighted by molar-refractivity contribution is 5.05. The molecule has 5 rings (SSSR count). The standard InChI is InChI=1S/C25H44/c1-3-5-21-8-12-23(13-9-21)25-17-14-24(15-18-25,16-19-25)22-10-6-20(4-2)7-11-22/h20-23H,3-19H2,1-2H3/t20-,21-,22-,23-,24?,25?. The van der Waals surface area contributed by atoms with Crippen LogP contribution in [0.2, 0.25) is 0 Å². The van der Waals surface area contributed by atoms with Crippen molar-refractivity contribution in [1.29, 1.82) is 0 Å². The lowest BCUT2D eigenvalue weighted by Gasteiger charge is -2.60. The Morgan fingerprint density at radius 2 is 0.960 bits per heavy atom. The van der Waals surface area contributed by atoms with Crippen LogP contribution in [-0.4, -0.2) is 0 Å². The summed E-state index contributed by atoms with van der Waals surface area (Å²) < 4.78 is 0. The van der Waals surface area contributed by atoms with E-state index in [-0.39, 0.29) is 0 Å². The fourth-order valence-electron chi connectivity index (χ4n) is 8.12. The second-order valence-electron chi connectivity index (χ2n) is 10.9. The number of rotatable bonds is 5. The molecule has 0 atom stereocenters. The Balaban J connectivity index is 1.33. The van der Waals surface area contributed by atoms with Crippen LogP contribution in [0.4, 0.5) is 0 Å². The van der Waals surface area contributed by atoms with Crippen molar-refractivity contribution in [2.24, 2.45) is 34.5 Å². The van der Waals surface area contributed by atoms with E-state index in [1.54, 1.807) is 89.9 Å². The van der Waals surface area contributed by atoms with E-state index in [2.05, 4.69) is 13.8 Å².